The summed E-state index contributed by atoms with van der Waals surface area (Å²) in [6.07, 6.45) is 55.6. The summed E-state index contributed by atoms with van der Waals surface area (Å²) in [6, 6.07) is 0. The van der Waals surface area contributed by atoms with Gasteiger partial charge in [-0.15, -0.1) is 0 Å². The Kier molecular flexibility index (Phi) is 67.1. The first-order valence-electron chi connectivity index (χ1n) is 40.4. The number of phosphoric acid groups is 2. The normalized spacial score (nSPS) is 14.3. The molecule has 576 valence electrons. The number of carbonyl (C=O) groups excluding carboxylic acids is 4. The fourth-order valence-electron chi connectivity index (χ4n) is 11.9. The lowest BCUT2D eigenvalue weighted by Crippen LogP contribution is -2.30. The molecule has 0 saturated carbocycles. The van der Waals surface area contributed by atoms with Crippen LogP contribution in [0.15, 0.2) is 0 Å². The van der Waals surface area contributed by atoms with Gasteiger partial charge in [-0.3, -0.25) is 37.3 Å². The predicted octanol–water partition coefficient (Wildman–Crippen LogP) is 23.0. The third-order valence-corrected chi connectivity index (χ3v) is 20.4. The van der Waals surface area contributed by atoms with Crippen LogP contribution in [0, 0.1) is 17.8 Å². The van der Waals surface area contributed by atoms with Crippen molar-refractivity contribution < 1.29 is 80.2 Å². The maximum Gasteiger partial charge on any atom is 0.472 e. The topological polar surface area (TPSA) is 237 Å². The summed E-state index contributed by atoms with van der Waals surface area (Å²) in [7, 11) is -9.92. The van der Waals surface area contributed by atoms with E-state index in [9.17, 15) is 43.2 Å². The van der Waals surface area contributed by atoms with Gasteiger partial charge in [0.2, 0.25) is 0 Å². The van der Waals surface area contributed by atoms with E-state index in [0.717, 1.165) is 108 Å². The summed E-state index contributed by atoms with van der Waals surface area (Å²) in [6.45, 7) is 11.9. The minimum absolute atomic E-state index is 0.105. The molecule has 3 N–H and O–H groups in total. The molecule has 0 saturated heterocycles. The minimum Gasteiger partial charge on any atom is -0.462 e. The van der Waals surface area contributed by atoms with Crippen LogP contribution < -0.4 is 0 Å². The first-order chi connectivity index (χ1) is 46.8. The molecular weight excluding hydrogens is 1270 g/mol. The third kappa shape index (κ3) is 70.9. The molecule has 0 aliphatic rings. The summed E-state index contributed by atoms with van der Waals surface area (Å²) in [5.41, 5.74) is 0. The van der Waals surface area contributed by atoms with Crippen LogP contribution in [0.2, 0.25) is 0 Å². The summed E-state index contributed by atoms with van der Waals surface area (Å²) >= 11 is 0. The molecule has 0 rings (SSSR count). The fraction of sp³-hybridized carbons (Fsp3) is 0.949. The summed E-state index contributed by atoms with van der Waals surface area (Å²) < 4.78 is 68.6. The Morgan fingerprint density at radius 2 is 0.526 bits per heavy atom. The molecular formula is C78H152O17P2. The van der Waals surface area contributed by atoms with Gasteiger partial charge < -0.3 is 33.8 Å². The van der Waals surface area contributed by atoms with Gasteiger partial charge in [0.25, 0.3) is 0 Å². The molecule has 0 fully saturated rings. The largest absolute Gasteiger partial charge is 0.472 e. The van der Waals surface area contributed by atoms with Gasteiger partial charge in [-0.25, -0.2) is 9.13 Å². The third-order valence-electron chi connectivity index (χ3n) is 18.5. The van der Waals surface area contributed by atoms with Gasteiger partial charge in [-0.1, -0.05) is 350 Å². The highest BCUT2D eigenvalue weighted by molar-refractivity contribution is 7.47. The van der Waals surface area contributed by atoms with E-state index in [0.29, 0.717) is 25.7 Å². The number of hydrogen-bond acceptors (Lipinski definition) is 15. The molecule has 0 aromatic heterocycles. The van der Waals surface area contributed by atoms with E-state index >= 15 is 0 Å². The first-order valence-corrected chi connectivity index (χ1v) is 43.4. The second-order valence-electron chi connectivity index (χ2n) is 29.3. The van der Waals surface area contributed by atoms with Crippen molar-refractivity contribution in [3.05, 3.63) is 0 Å². The minimum atomic E-state index is -4.96. The van der Waals surface area contributed by atoms with E-state index in [1.165, 1.54) is 212 Å². The van der Waals surface area contributed by atoms with Crippen molar-refractivity contribution in [3.8, 4) is 0 Å². The number of hydrogen-bond donors (Lipinski definition) is 3. The van der Waals surface area contributed by atoms with Gasteiger partial charge >= 0.3 is 39.5 Å². The average Bonchev–Trinajstić information content (AvgIpc) is 3.48. The molecule has 0 aromatic rings. The molecule has 0 aromatic carbocycles. The number of esters is 4. The van der Waals surface area contributed by atoms with E-state index < -0.39 is 97.5 Å². The van der Waals surface area contributed by atoms with Gasteiger partial charge in [-0.05, 0) is 43.4 Å². The zero-order valence-electron chi connectivity index (χ0n) is 63.5. The molecule has 0 bridgehead atoms. The number of unbranched alkanes of at least 4 members (excludes halogenated alkanes) is 43. The van der Waals surface area contributed by atoms with E-state index in [-0.39, 0.29) is 25.7 Å². The Morgan fingerprint density at radius 3 is 0.784 bits per heavy atom. The Morgan fingerprint density at radius 1 is 0.299 bits per heavy atom. The van der Waals surface area contributed by atoms with Crippen molar-refractivity contribution >= 4 is 39.5 Å². The number of ether oxygens (including phenoxy) is 4. The van der Waals surface area contributed by atoms with E-state index in [1.807, 2.05) is 0 Å². The van der Waals surface area contributed by atoms with Gasteiger partial charge in [0.15, 0.2) is 12.2 Å². The molecule has 17 nitrogen and oxygen atoms in total. The number of phosphoric ester groups is 2. The molecule has 0 aliphatic carbocycles. The van der Waals surface area contributed by atoms with Crippen molar-refractivity contribution in [3.63, 3.8) is 0 Å². The molecule has 3 unspecified atom stereocenters. The van der Waals surface area contributed by atoms with Crippen molar-refractivity contribution in [2.75, 3.05) is 39.6 Å². The van der Waals surface area contributed by atoms with Crippen molar-refractivity contribution in [2.24, 2.45) is 17.8 Å². The highest BCUT2D eigenvalue weighted by Crippen LogP contribution is 2.45. The first kappa shape index (κ1) is 95.1. The predicted molar refractivity (Wildman–Crippen MR) is 395 cm³/mol. The van der Waals surface area contributed by atoms with Crippen LogP contribution in [0.4, 0.5) is 0 Å². The lowest BCUT2D eigenvalue weighted by Gasteiger charge is -2.21. The van der Waals surface area contributed by atoms with Crippen LogP contribution in [0.25, 0.3) is 0 Å². The quantitative estimate of drug-likeness (QED) is 0.0222. The van der Waals surface area contributed by atoms with Crippen molar-refractivity contribution in [1.29, 1.82) is 0 Å². The lowest BCUT2D eigenvalue weighted by molar-refractivity contribution is -0.161. The maximum absolute atomic E-state index is 13.1. The van der Waals surface area contributed by atoms with Crippen LogP contribution in [0.3, 0.4) is 0 Å². The highest BCUT2D eigenvalue weighted by Gasteiger charge is 2.30. The molecule has 0 radical (unpaired) electrons. The van der Waals surface area contributed by atoms with Crippen LogP contribution in [-0.4, -0.2) is 96.7 Å². The smallest absolute Gasteiger partial charge is 0.462 e. The number of rotatable bonds is 76. The van der Waals surface area contributed by atoms with Crippen LogP contribution in [-0.2, 0) is 65.4 Å². The fourth-order valence-corrected chi connectivity index (χ4v) is 13.5. The van der Waals surface area contributed by atoms with Gasteiger partial charge in [0, 0.05) is 25.7 Å². The van der Waals surface area contributed by atoms with Crippen LogP contribution in [0.1, 0.15) is 402 Å². The monoisotopic (exact) mass is 1420 g/mol. The Balaban J connectivity index is 5.21. The second kappa shape index (κ2) is 68.5. The van der Waals surface area contributed by atoms with Crippen molar-refractivity contribution in [2.45, 2.75) is 420 Å². The molecule has 0 aliphatic heterocycles. The SMILES string of the molecule is CCCCCCCCCCCCCCCCCCCCCCCC(=O)O[C@H](COC(=O)CCCCCCCCCCCC(C)C)COP(=O)(O)OC[C@@H](O)COP(=O)(O)OC[C@@H](COC(=O)CCCCCCCCCCC(C)CC)OC(=O)CCCCCCCCCCCC(C)C. The van der Waals surface area contributed by atoms with Gasteiger partial charge in [0.05, 0.1) is 26.4 Å². The maximum atomic E-state index is 13.1. The summed E-state index contributed by atoms with van der Waals surface area (Å²) in [5.74, 6) is 0.140. The standard InChI is InChI=1S/C78H152O17P2/c1-8-10-11-12-13-14-15-16-17-18-19-20-21-22-23-24-25-30-40-47-54-61-77(82)94-73(65-88-75(80)59-52-45-38-31-26-28-35-42-49-56-69(3)4)67-92-96(84,85)90-63-72(79)64-91-97(86,87)93-68-74(95-78(83)62-55-48-41-32-27-29-36-43-50-57-70(5)6)66-89-76(81)60-53-46-39-34-33-37-44-51-58-71(7)9-2/h69-74,79H,8-68H2,1-7H3,(H,84,85)(H,86,87)/t71?,72-,73-,74-/m1/s1. The number of aliphatic hydroxyl groups excluding tert-OH is 1. The molecule has 19 heteroatoms. The number of aliphatic hydroxyl groups is 1. The Bertz CT molecular complexity index is 1890. The zero-order chi connectivity index (χ0) is 71.6. The molecule has 0 amide bonds. The Labute approximate surface area is 594 Å². The van der Waals surface area contributed by atoms with Crippen LogP contribution in [0.5, 0.6) is 0 Å². The molecule has 97 heavy (non-hydrogen) atoms. The van der Waals surface area contributed by atoms with E-state index in [4.69, 9.17) is 37.0 Å². The second-order valence-corrected chi connectivity index (χ2v) is 32.2. The molecule has 0 heterocycles. The van der Waals surface area contributed by atoms with E-state index in [1.54, 1.807) is 0 Å². The van der Waals surface area contributed by atoms with Crippen molar-refractivity contribution in [1.82, 2.24) is 0 Å². The highest BCUT2D eigenvalue weighted by atomic mass is 31.2. The molecule has 6 atom stereocenters. The lowest BCUT2D eigenvalue weighted by atomic mass is 9.99. The Hall–Kier alpha value is -1.94. The van der Waals surface area contributed by atoms with Gasteiger partial charge in [-0.2, -0.15) is 0 Å². The van der Waals surface area contributed by atoms with E-state index in [2.05, 4.69) is 48.5 Å². The van der Waals surface area contributed by atoms with Crippen LogP contribution >= 0.6 is 15.6 Å². The zero-order valence-corrected chi connectivity index (χ0v) is 65.3. The molecule has 0 spiro atoms. The summed E-state index contributed by atoms with van der Waals surface area (Å²) in [5, 5.41) is 10.6. The van der Waals surface area contributed by atoms with Gasteiger partial charge in [0.1, 0.15) is 19.3 Å². The number of carbonyl (C=O) groups is 4. The summed E-state index contributed by atoms with van der Waals surface area (Å²) in [4.78, 5) is 72.9. The average molecular weight is 1420 g/mol.